The first-order chi connectivity index (χ1) is 9.13. The first-order valence-electron chi connectivity index (χ1n) is 6.56. The van der Waals surface area contributed by atoms with Gasteiger partial charge in [0, 0.05) is 19.6 Å². The van der Waals surface area contributed by atoms with Crippen molar-refractivity contribution in [3.8, 4) is 0 Å². The van der Waals surface area contributed by atoms with E-state index in [0.717, 1.165) is 10.9 Å². The molecule has 0 aromatic heterocycles. The van der Waals surface area contributed by atoms with Crippen molar-refractivity contribution in [3.63, 3.8) is 0 Å². The second-order valence-corrected chi connectivity index (χ2v) is 4.90. The third-order valence-corrected chi connectivity index (χ3v) is 3.62. The summed E-state index contributed by atoms with van der Waals surface area (Å²) in [7, 11) is 1.81. The van der Waals surface area contributed by atoms with Gasteiger partial charge in [0.2, 0.25) is 5.91 Å². The standard InChI is InChI=1S/C16H20N2O/c1-12(11-17)18(2)16(19)10-14-8-5-7-13-6-3-4-9-15(13)14/h3-9,12H,10-11,17H2,1-2H3. The SMILES string of the molecule is CC(CN)N(C)C(=O)Cc1cccc2ccccc12. The average Bonchev–Trinajstić information content (AvgIpc) is 2.46. The lowest BCUT2D eigenvalue weighted by molar-refractivity contribution is -0.130. The summed E-state index contributed by atoms with van der Waals surface area (Å²) < 4.78 is 0. The Balaban J connectivity index is 2.24. The zero-order valence-electron chi connectivity index (χ0n) is 11.5. The number of rotatable bonds is 4. The minimum Gasteiger partial charge on any atom is -0.341 e. The number of hydrogen-bond acceptors (Lipinski definition) is 2. The molecule has 2 N–H and O–H groups in total. The summed E-state index contributed by atoms with van der Waals surface area (Å²) in [6.07, 6.45) is 0.419. The monoisotopic (exact) mass is 256 g/mol. The van der Waals surface area contributed by atoms with E-state index in [-0.39, 0.29) is 11.9 Å². The molecular weight excluding hydrogens is 236 g/mol. The molecule has 1 unspecified atom stereocenters. The van der Waals surface area contributed by atoms with Gasteiger partial charge in [-0.15, -0.1) is 0 Å². The second kappa shape index (κ2) is 5.85. The summed E-state index contributed by atoms with van der Waals surface area (Å²) in [5, 5.41) is 2.31. The van der Waals surface area contributed by atoms with Gasteiger partial charge in [0.05, 0.1) is 6.42 Å². The Bertz CT molecular complexity index is 574. The molecule has 0 fully saturated rings. The first-order valence-corrected chi connectivity index (χ1v) is 6.56. The number of carbonyl (C=O) groups is 1. The van der Waals surface area contributed by atoms with Crippen LogP contribution in [0.3, 0.4) is 0 Å². The number of likely N-dealkylation sites (N-methyl/N-ethyl adjacent to an activating group) is 1. The van der Waals surface area contributed by atoms with Crippen LogP contribution in [0.25, 0.3) is 10.8 Å². The maximum absolute atomic E-state index is 12.2. The van der Waals surface area contributed by atoms with E-state index in [4.69, 9.17) is 5.73 Å². The van der Waals surface area contributed by atoms with Gasteiger partial charge in [-0.2, -0.15) is 0 Å². The molecule has 2 aromatic rings. The number of benzene rings is 2. The number of nitrogens with two attached hydrogens (primary N) is 1. The fraction of sp³-hybridized carbons (Fsp3) is 0.312. The summed E-state index contributed by atoms with van der Waals surface area (Å²) >= 11 is 0. The van der Waals surface area contributed by atoms with Crippen molar-refractivity contribution in [2.75, 3.05) is 13.6 Å². The highest BCUT2D eigenvalue weighted by Gasteiger charge is 2.15. The lowest BCUT2D eigenvalue weighted by atomic mass is 10.0. The molecule has 0 spiro atoms. The molecular formula is C16H20N2O. The Hall–Kier alpha value is -1.87. The van der Waals surface area contributed by atoms with Crippen molar-refractivity contribution < 1.29 is 4.79 Å². The molecule has 1 amide bonds. The zero-order valence-corrected chi connectivity index (χ0v) is 11.5. The quantitative estimate of drug-likeness (QED) is 0.911. The highest BCUT2D eigenvalue weighted by Crippen LogP contribution is 2.19. The number of nitrogens with zero attached hydrogens (tertiary/aromatic N) is 1. The van der Waals surface area contributed by atoms with E-state index in [2.05, 4.69) is 18.2 Å². The molecule has 0 aliphatic rings. The number of hydrogen-bond donors (Lipinski definition) is 1. The molecule has 1 atom stereocenters. The van der Waals surface area contributed by atoms with Crippen molar-refractivity contribution in [3.05, 3.63) is 48.0 Å². The van der Waals surface area contributed by atoms with Crippen LogP contribution in [0.2, 0.25) is 0 Å². The van der Waals surface area contributed by atoms with Crippen LogP contribution in [-0.2, 0) is 11.2 Å². The lowest BCUT2D eigenvalue weighted by Gasteiger charge is -2.24. The van der Waals surface area contributed by atoms with Crippen molar-refractivity contribution in [2.45, 2.75) is 19.4 Å². The minimum atomic E-state index is 0.0717. The van der Waals surface area contributed by atoms with Crippen LogP contribution >= 0.6 is 0 Å². The molecule has 0 saturated heterocycles. The number of amides is 1. The van der Waals surface area contributed by atoms with E-state index in [9.17, 15) is 4.79 Å². The van der Waals surface area contributed by atoms with E-state index < -0.39 is 0 Å². The van der Waals surface area contributed by atoms with Crippen LogP contribution in [0.15, 0.2) is 42.5 Å². The maximum atomic E-state index is 12.2. The average molecular weight is 256 g/mol. The van der Waals surface area contributed by atoms with E-state index in [1.165, 1.54) is 5.39 Å². The topological polar surface area (TPSA) is 46.3 Å². The Labute approximate surface area is 114 Å². The molecule has 19 heavy (non-hydrogen) atoms. The maximum Gasteiger partial charge on any atom is 0.227 e. The molecule has 0 aliphatic heterocycles. The van der Waals surface area contributed by atoms with Gasteiger partial charge in [-0.3, -0.25) is 4.79 Å². The van der Waals surface area contributed by atoms with Crippen molar-refractivity contribution in [1.29, 1.82) is 0 Å². The molecule has 3 nitrogen and oxygen atoms in total. The van der Waals surface area contributed by atoms with Crippen molar-refractivity contribution in [2.24, 2.45) is 5.73 Å². The summed E-state index contributed by atoms with van der Waals surface area (Å²) in [6, 6.07) is 14.3. The predicted molar refractivity (Wildman–Crippen MR) is 78.9 cm³/mol. The van der Waals surface area contributed by atoms with E-state index in [0.29, 0.717) is 13.0 Å². The van der Waals surface area contributed by atoms with E-state index >= 15 is 0 Å². The second-order valence-electron chi connectivity index (χ2n) is 4.90. The Morgan fingerprint density at radius 3 is 2.63 bits per heavy atom. The van der Waals surface area contributed by atoms with E-state index in [1.54, 1.807) is 4.90 Å². The molecule has 0 saturated carbocycles. The van der Waals surface area contributed by atoms with Gasteiger partial charge in [-0.05, 0) is 23.3 Å². The minimum absolute atomic E-state index is 0.0717. The fourth-order valence-corrected chi connectivity index (χ4v) is 2.14. The molecule has 0 radical (unpaired) electrons. The van der Waals surface area contributed by atoms with Crippen LogP contribution in [0, 0.1) is 0 Å². The third-order valence-electron chi connectivity index (χ3n) is 3.62. The number of carbonyl (C=O) groups excluding carboxylic acids is 1. The van der Waals surface area contributed by atoms with Crippen molar-refractivity contribution in [1.82, 2.24) is 4.90 Å². The van der Waals surface area contributed by atoms with Gasteiger partial charge < -0.3 is 10.6 Å². The van der Waals surface area contributed by atoms with Gasteiger partial charge in [0.25, 0.3) is 0 Å². The van der Waals surface area contributed by atoms with Crippen LogP contribution in [-0.4, -0.2) is 30.4 Å². The summed E-state index contributed by atoms with van der Waals surface area (Å²) in [5.74, 6) is 0.106. The lowest BCUT2D eigenvalue weighted by Crippen LogP contribution is -2.40. The normalized spacial score (nSPS) is 12.4. The van der Waals surface area contributed by atoms with Gasteiger partial charge >= 0.3 is 0 Å². The highest BCUT2D eigenvalue weighted by atomic mass is 16.2. The van der Waals surface area contributed by atoms with Crippen LogP contribution in [0.5, 0.6) is 0 Å². The summed E-state index contributed by atoms with van der Waals surface area (Å²) in [5.41, 5.74) is 6.67. The molecule has 0 heterocycles. The molecule has 100 valence electrons. The van der Waals surface area contributed by atoms with Crippen molar-refractivity contribution >= 4 is 16.7 Å². The molecule has 2 aromatic carbocycles. The Kier molecular flexibility index (Phi) is 4.17. The zero-order chi connectivity index (χ0) is 13.8. The molecule has 0 aliphatic carbocycles. The fourth-order valence-electron chi connectivity index (χ4n) is 2.14. The Morgan fingerprint density at radius 1 is 1.21 bits per heavy atom. The number of fused-ring (bicyclic) bond motifs is 1. The molecule has 3 heteroatoms. The molecule has 2 rings (SSSR count). The smallest absolute Gasteiger partial charge is 0.227 e. The largest absolute Gasteiger partial charge is 0.341 e. The Morgan fingerprint density at radius 2 is 1.89 bits per heavy atom. The van der Waals surface area contributed by atoms with Crippen LogP contribution < -0.4 is 5.73 Å². The van der Waals surface area contributed by atoms with Crippen LogP contribution in [0.4, 0.5) is 0 Å². The van der Waals surface area contributed by atoms with Gasteiger partial charge in [0.15, 0.2) is 0 Å². The van der Waals surface area contributed by atoms with Gasteiger partial charge in [-0.25, -0.2) is 0 Å². The summed E-state index contributed by atoms with van der Waals surface area (Å²) in [4.78, 5) is 14.0. The van der Waals surface area contributed by atoms with Crippen LogP contribution in [0.1, 0.15) is 12.5 Å². The molecule has 0 bridgehead atoms. The first kappa shape index (κ1) is 13.6. The van der Waals surface area contributed by atoms with Gasteiger partial charge in [-0.1, -0.05) is 42.5 Å². The third kappa shape index (κ3) is 2.93. The summed E-state index contributed by atoms with van der Waals surface area (Å²) in [6.45, 7) is 2.44. The van der Waals surface area contributed by atoms with Gasteiger partial charge in [0.1, 0.15) is 0 Å². The van der Waals surface area contributed by atoms with E-state index in [1.807, 2.05) is 38.2 Å². The highest BCUT2D eigenvalue weighted by molar-refractivity contribution is 5.90. The predicted octanol–water partition coefficient (Wildman–Crippen LogP) is 2.19.